The highest BCUT2D eigenvalue weighted by molar-refractivity contribution is 5.73. The minimum Gasteiger partial charge on any atom is -0.368 e. The number of piperazine rings is 1. The third-order valence-corrected chi connectivity index (χ3v) is 2.85. The fraction of sp³-hybridized carbons (Fsp3) is 0.417. The molecule has 3 nitrogen and oxygen atoms in total. The summed E-state index contributed by atoms with van der Waals surface area (Å²) < 4.78 is 0. The van der Waals surface area contributed by atoms with Gasteiger partial charge in [-0.2, -0.15) is 0 Å². The first-order valence-corrected chi connectivity index (χ1v) is 5.33. The molecule has 1 amide bonds. The van der Waals surface area contributed by atoms with E-state index < -0.39 is 0 Å². The van der Waals surface area contributed by atoms with Gasteiger partial charge in [0.1, 0.15) is 0 Å². The number of hydrogen-bond acceptors (Lipinski definition) is 2. The van der Waals surface area contributed by atoms with E-state index in [9.17, 15) is 4.79 Å². The molecule has 1 aliphatic heterocycles. The molecule has 0 bridgehead atoms. The van der Waals surface area contributed by atoms with Crippen LogP contribution in [0.15, 0.2) is 30.3 Å². The molecular weight excluding hydrogens is 188 g/mol. The molecule has 3 heteroatoms. The number of para-hydroxylation sites is 1. The van der Waals surface area contributed by atoms with Crippen molar-refractivity contribution in [3.8, 4) is 0 Å². The van der Waals surface area contributed by atoms with Crippen LogP contribution >= 0.6 is 0 Å². The second-order valence-corrected chi connectivity index (χ2v) is 3.83. The van der Waals surface area contributed by atoms with Gasteiger partial charge in [0.25, 0.3) is 0 Å². The molecule has 1 fully saturated rings. The molecule has 1 aliphatic rings. The van der Waals surface area contributed by atoms with E-state index in [2.05, 4.69) is 17.0 Å². The zero-order valence-electron chi connectivity index (χ0n) is 9.02. The largest absolute Gasteiger partial charge is 0.368 e. The predicted molar refractivity (Wildman–Crippen MR) is 60.9 cm³/mol. The van der Waals surface area contributed by atoms with Crippen molar-refractivity contribution in [2.45, 2.75) is 6.92 Å². The maximum Gasteiger partial charge on any atom is 0.219 e. The maximum absolute atomic E-state index is 11.1. The number of rotatable bonds is 1. The Hall–Kier alpha value is -1.51. The van der Waals surface area contributed by atoms with Gasteiger partial charge in [0.2, 0.25) is 5.91 Å². The van der Waals surface area contributed by atoms with Crippen LogP contribution in [0.1, 0.15) is 6.92 Å². The number of carbonyl (C=O) groups is 1. The summed E-state index contributed by atoms with van der Waals surface area (Å²) >= 11 is 0. The quantitative estimate of drug-likeness (QED) is 0.689. The number of amides is 1. The summed E-state index contributed by atoms with van der Waals surface area (Å²) in [6, 6.07) is 10.3. The Morgan fingerprint density at radius 2 is 1.67 bits per heavy atom. The van der Waals surface area contributed by atoms with Crippen LogP contribution in [0.4, 0.5) is 5.69 Å². The summed E-state index contributed by atoms with van der Waals surface area (Å²) in [6.07, 6.45) is 0. The molecule has 1 saturated heterocycles. The van der Waals surface area contributed by atoms with Gasteiger partial charge in [-0.15, -0.1) is 0 Å². The lowest BCUT2D eigenvalue weighted by atomic mass is 10.2. The molecule has 0 saturated carbocycles. The van der Waals surface area contributed by atoms with Gasteiger partial charge in [0.05, 0.1) is 0 Å². The van der Waals surface area contributed by atoms with Gasteiger partial charge in [-0.05, 0) is 12.1 Å². The molecular formula is C12H16N2O. The van der Waals surface area contributed by atoms with Crippen LogP contribution in [0.5, 0.6) is 0 Å². The van der Waals surface area contributed by atoms with Crippen molar-refractivity contribution in [3.05, 3.63) is 30.3 Å². The fourth-order valence-electron chi connectivity index (χ4n) is 1.92. The highest BCUT2D eigenvalue weighted by Crippen LogP contribution is 2.15. The van der Waals surface area contributed by atoms with Crippen LogP contribution in [0.2, 0.25) is 0 Å². The second-order valence-electron chi connectivity index (χ2n) is 3.83. The molecule has 1 aromatic carbocycles. The number of nitrogens with zero attached hydrogens (tertiary/aromatic N) is 2. The van der Waals surface area contributed by atoms with Gasteiger partial charge in [-0.3, -0.25) is 4.79 Å². The smallest absolute Gasteiger partial charge is 0.219 e. The lowest BCUT2D eigenvalue weighted by Crippen LogP contribution is -2.48. The normalized spacial score (nSPS) is 16.6. The van der Waals surface area contributed by atoms with E-state index in [0.29, 0.717) is 0 Å². The van der Waals surface area contributed by atoms with Crippen molar-refractivity contribution in [1.82, 2.24) is 4.90 Å². The Morgan fingerprint density at radius 1 is 1.07 bits per heavy atom. The van der Waals surface area contributed by atoms with E-state index in [4.69, 9.17) is 0 Å². The SMILES string of the molecule is CC(=O)N1CCN(c2ccccc2)CC1. The van der Waals surface area contributed by atoms with E-state index in [1.165, 1.54) is 5.69 Å². The molecule has 0 radical (unpaired) electrons. The van der Waals surface area contributed by atoms with Crippen LogP contribution in [0.25, 0.3) is 0 Å². The summed E-state index contributed by atoms with van der Waals surface area (Å²) in [5.41, 5.74) is 1.25. The Bertz CT molecular complexity index is 329. The molecule has 0 atom stereocenters. The highest BCUT2D eigenvalue weighted by Gasteiger charge is 2.18. The number of anilines is 1. The van der Waals surface area contributed by atoms with E-state index in [0.717, 1.165) is 26.2 Å². The first kappa shape index (κ1) is 10.0. The van der Waals surface area contributed by atoms with Crippen LogP contribution in [-0.4, -0.2) is 37.0 Å². The Labute approximate surface area is 90.3 Å². The third-order valence-electron chi connectivity index (χ3n) is 2.85. The molecule has 0 unspecified atom stereocenters. The molecule has 15 heavy (non-hydrogen) atoms. The topological polar surface area (TPSA) is 23.6 Å². The fourth-order valence-corrected chi connectivity index (χ4v) is 1.92. The van der Waals surface area contributed by atoms with E-state index in [-0.39, 0.29) is 5.91 Å². The third kappa shape index (κ3) is 2.29. The standard InChI is InChI=1S/C12H16N2O/c1-11(15)13-7-9-14(10-8-13)12-5-3-2-4-6-12/h2-6H,7-10H2,1H3. The van der Waals surface area contributed by atoms with Crippen LogP contribution in [0, 0.1) is 0 Å². The van der Waals surface area contributed by atoms with Crippen LogP contribution in [-0.2, 0) is 4.79 Å². The molecule has 2 rings (SSSR count). The van der Waals surface area contributed by atoms with Gasteiger partial charge in [-0.1, -0.05) is 18.2 Å². The average Bonchev–Trinajstić information content (AvgIpc) is 2.30. The number of benzene rings is 1. The maximum atomic E-state index is 11.1. The zero-order chi connectivity index (χ0) is 10.7. The molecule has 1 heterocycles. The van der Waals surface area contributed by atoms with Crippen molar-refractivity contribution in [2.75, 3.05) is 31.1 Å². The lowest BCUT2D eigenvalue weighted by molar-refractivity contribution is -0.129. The van der Waals surface area contributed by atoms with E-state index >= 15 is 0 Å². The summed E-state index contributed by atoms with van der Waals surface area (Å²) in [4.78, 5) is 15.4. The minimum absolute atomic E-state index is 0.183. The van der Waals surface area contributed by atoms with Gasteiger partial charge in [0, 0.05) is 38.8 Å². The summed E-state index contributed by atoms with van der Waals surface area (Å²) in [7, 11) is 0. The van der Waals surface area contributed by atoms with Gasteiger partial charge in [0.15, 0.2) is 0 Å². The molecule has 0 aliphatic carbocycles. The molecule has 0 aromatic heterocycles. The zero-order valence-corrected chi connectivity index (χ0v) is 9.02. The lowest BCUT2D eigenvalue weighted by Gasteiger charge is -2.35. The van der Waals surface area contributed by atoms with Crippen LogP contribution in [0.3, 0.4) is 0 Å². The Balaban J connectivity index is 1.97. The molecule has 1 aromatic rings. The van der Waals surface area contributed by atoms with Crippen molar-refractivity contribution in [1.29, 1.82) is 0 Å². The van der Waals surface area contributed by atoms with Crippen molar-refractivity contribution in [3.63, 3.8) is 0 Å². The van der Waals surface area contributed by atoms with Crippen LogP contribution < -0.4 is 4.90 Å². The van der Waals surface area contributed by atoms with Gasteiger partial charge in [-0.25, -0.2) is 0 Å². The summed E-state index contributed by atoms with van der Waals surface area (Å²) in [6.45, 7) is 5.18. The van der Waals surface area contributed by atoms with Gasteiger partial charge < -0.3 is 9.80 Å². The molecule has 0 N–H and O–H groups in total. The van der Waals surface area contributed by atoms with Crippen molar-refractivity contribution < 1.29 is 4.79 Å². The van der Waals surface area contributed by atoms with E-state index in [1.807, 2.05) is 23.1 Å². The minimum atomic E-state index is 0.183. The number of carbonyl (C=O) groups excluding carboxylic acids is 1. The van der Waals surface area contributed by atoms with Crippen molar-refractivity contribution >= 4 is 11.6 Å². The van der Waals surface area contributed by atoms with E-state index in [1.54, 1.807) is 6.92 Å². The predicted octanol–water partition coefficient (Wildman–Crippen LogP) is 1.36. The summed E-state index contributed by atoms with van der Waals surface area (Å²) in [5.74, 6) is 0.183. The molecule has 0 spiro atoms. The second kappa shape index (κ2) is 4.34. The summed E-state index contributed by atoms with van der Waals surface area (Å²) in [5, 5.41) is 0. The number of hydrogen-bond donors (Lipinski definition) is 0. The van der Waals surface area contributed by atoms with Crippen molar-refractivity contribution in [2.24, 2.45) is 0 Å². The first-order valence-electron chi connectivity index (χ1n) is 5.33. The molecule has 80 valence electrons. The highest BCUT2D eigenvalue weighted by atomic mass is 16.2. The Kier molecular flexibility index (Phi) is 2.90. The first-order chi connectivity index (χ1) is 7.27. The van der Waals surface area contributed by atoms with Gasteiger partial charge >= 0.3 is 0 Å². The Morgan fingerprint density at radius 3 is 2.20 bits per heavy atom. The average molecular weight is 204 g/mol. The monoisotopic (exact) mass is 204 g/mol.